The summed E-state index contributed by atoms with van der Waals surface area (Å²) in [4.78, 5) is 39.7. The maximum atomic E-state index is 13.2. The standard InChI is InChI=1S/C22H22N8O3/c1-3-16(31)29-8-4-5-13(10-29)30-20-17(19(23)24-11-25-20)18(28-30)21(32)27-22-26-14-9-12(2)6-7-15(14)33-22/h3,6-7,9,11,13H,1,4-5,8,10H2,2H3,(H2,23,24,25)(H,26,27,32)/t13-/m1/s1. The van der Waals surface area contributed by atoms with Gasteiger partial charge in [0.2, 0.25) is 5.91 Å². The van der Waals surface area contributed by atoms with E-state index in [1.165, 1.54) is 12.4 Å². The molecule has 11 nitrogen and oxygen atoms in total. The molecule has 2 amide bonds. The van der Waals surface area contributed by atoms with E-state index < -0.39 is 5.91 Å². The fourth-order valence-electron chi connectivity index (χ4n) is 4.14. The summed E-state index contributed by atoms with van der Waals surface area (Å²) >= 11 is 0. The number of hydrogen-bond donors (Lipinski definition) is 2. The molecule has 4 heterocycles. The van der Waals surface area contributed by atoms with Gasteiger partial charge in [0.15, 0.2) is 16.9 Å². The largest absolute Gasteiger partial charge is 0.423 e. The number of carbonyl (C=O) groups is 2. The third-order valence-electron chi connectivity index (χ3n) is 5.73. The molecule has 0 spiro atoms. The number of nitrogens with one attached hydrogen (secondary N) is 1. The highest BCUT2D eigenvalue weighted by molar-refractivity contribution is 6.12. The highest BCUT2D eigenvalue weighted by Crippen LogP contribution is 2.29. The molecular weight excluding hydrogens is 424 g/mol. The number of nitrogens with zero attached hydrogens (tertiary/aromatic N) is 6. The van der Waals surface area contributed by atoms with Gasteiger partial charge in [0.1, 0.15) is 17.7 Å². The van der Waals surface area contributed by atoms with E-state index in [-0.39, 0.29) is 29.5 Å². The van der Waals surface area contributed by atoms with E-state index in [0.717, 1.165) is 18.4 Å². The number of amides is 2. The van der Waals surface area contributed by atoms with E-state index in [1.54, 1.807) is 15.6 Å². The van der Waals surface area contributed by atoms with Gasteiger partial charge in [-0.3, -0.25) is 14.9 Å². The minimum Gasteiger partial charge on any atom is -0.423 e. The molecule has 3 aromatic heterocycles. The van der Waals surface area contributed by atoms with Crippen LogP contribution >= 0.6 is 0 Å². The minimum atomic E-state index is -0.543. The molecule has 0 bridgehead atoms. The molecule has 168 valence electrons. The molecule has 1 aromatic carbocycles. The van der Waals surface area contributed by atoms with Crippen LogP contribution in [0.2, 0.25) is 0 Å². The highest BCUT2D eigenvalue weighted by atomic mass is 16.4. The first kappa shape index (κ1) is 20.6. The molecule has 1 fully saturated rings. The van der Waals surface area contributed by atoms with E-state index in [9.17, 15) is 9.59 Å². The Kier molecular flexibility index (Phi) is 5.00. The predicted molar refractivity (Wildman–Crippen MR) is 121 cm³/mol. The molecule has 1 aliphatic heterocycles. The zero-order chi connectivity index (χ0) is 23.1. The van der Waals surface area contributed by atoms with Gasteiger partial charge in [-0.05, 0) is 43.5 Å². The van der Waals surface area contributed by atoms with Crippen LogP contribution in [0.1, 0.15) is 34.9 Å². The van der Waals surface area contributed by atoms with Crippen molar-refractivity contribution in [3.8, 4) is 0 Å². The maximum Gasteiger partial charge on any atom is 0.302 e. The summed E-state index contributed by atoms with van der Waals surface area (Å²) in [6.07, 6.45) is 4.18. The number of rotatable bonds is 4. The van der Waals surface area contributed by atoms with Gasteiger partial charge in [-0.15, -0.1) is 0 Å². The summed E-state index contributed by atoms with van der Waals surface area (Å²) in [5.74, 6) is -0.549. The SMILES string of the molecule is C=CC(=O)N1CCC[C@@H](n2nc(C(=O)Nc3nc4cc(C)ccc4o3)c3c(N)ncnc32)C1. The number of hydrogen-bond acceptors (Lipinski definition) is 8. The molecule has 0 unspecified atom stereocenters. The normalized spacial score (nSPS) is 16.3. The van der Waals surface area contributed by atoms with Crippen molar-refractivity contribution >= 4 is 45.8 Å². The lowest BCUT2D eigenvalue weighted by Gasteiger charge is -2.32. The molecule has 33 heavy (non-hydrogen) atoms. The summed E-state index contributed by atoms with van der Waals surface area (Å²) < 4.78 is 7.29. The smallest absolute Gasteiger partial charge is 0.302 e. The lowest BCUT2D eigenvalue weighted by atomic mass is 10.1. The zero-order valence-corrected chi connectivity index (χ0v) is 18.0. The number of nitrogens with two attached hydrogens (primary N) is 1. The zero-order valence-electron chi connectivity index (χ0n) is 18.0. The summed E-state index contributed by atoms with van der Waals surface area (Å²) in [7, 11) is 0. The van der Waals surface area contributed by atoms with Crippen molar-refractivity contribution in [2.45, 2.75) is 25.8 Å². The van der Waals surface area contributed by atoms with Gasteiger partial charge in [0, 0.05) is 13.1 Å². The first-order chi connectivity index (χ1) is 15.9. The second-order valence-corrected chi connectivity index (χ2v) is 7.98. The fourth-order valence-corrected chi connectivity index (χ4v) is 4.14. The number of carbonyl (C=O) groups excluding carboxylic acids is 2. The predicted octanol–water partition coefficient (Wildman–Crippen LogP) is 2.46. The topological polar surface area (TPSA) is 145 Å². The van der Waals surface area contributed by atoms with Gasteiger partial charge in [-0.25, -0.2) is 14.6 Å². The second kappa shape index (κ2) is 8.01. The fraction of sp³-hybridized carbons (Fsp3) is 0.273. The Labute approximate surface area is 188 Å². The van der Waals surface area contributed by atoms with Crippen LogP contribution in [0.3, 0.4) is 0 Å². The molecule has 0 saturated carbocycles. The van der Waals surface area contributed by atoms with Crippen molar-refractivity contribution in [1.29, 1.82) is 0 Å². The molecule has 1 atom stereocenters. The number of nitrogen functional groups attached to an aromatic ring is 1. The molecule has 5 rings (SSSR count). The number of aryl methyl sites for hydroxylation is 1. The van der Waals surface area contributed by atoms with Gasteiger partial charge in [0.25, 0.3) is 5.91 Å². The lowest BCUT2D eigenvalue weighted by Crippen LogP contribution is -2.40. The Morgan fingerprint density at radius 2 is 2.18 bits per heavy atom. The summed E-state index contributed by atoms with van der Waals surface area (Å²) in [6, 6.07) is 5.44. The van der Waals surface area contributed by atoms with Gasteiger partial charge >= 0.3 is 6.01 Å². The first-order valence-electron chi connectivity index (χ1n) is 10.5. The number of oxazole rings is 1. The van der Waals surface area contributed by atoms with Crippen LogP contribution in [0.15, 0.2) is 41.6 Å². The van der Waals surface area contributed by atoms with E-state index >= 15 is 0 Å². The van der Waals surface area contributed by atoms with Crippen molar-refractivity contribution in [1.82, 2.24) is 29.6 Å². The number of anilines is 2. The Hall–Kier alpha value is -4.28. The number of fused-ring (bicyclic) bond motifs is 2. The van der Waals surface area contributed by atoms with E-state index in [4.69, 9.17) is 10.2 Å². The molecule has 1 saturated heterocycles. The van der Waals surface area contributed by atoms with Crippen LogP contribution in [0.5, 0.6) is 0 Å². The second-order valence-electron chi connectivity index (χ2n) is 7.98. The van der Waals surface area contributed by atoms with Gasteiger partial charge in [-0.1, -0.05) is 12.6 Å². The molecule has 4 aromatic rings. The van der Waals surface area contributed by atoms with Gasteiger partial charge in [-0.2, -0.15) is 10.1 Å². The van der Waals surface area contributed by atoms with Gasteiger partial charge in [0.05, 0.1) is 11.4 Å². The third kappa shape index (κ3) is 3.67. The van der Waals surface area contributed by atoms with Crippen molar-refractivity contribution in [3.63, 3.8) is 0 Å². The molecular formula is C22H22N8O3. The van der Waals surface area contributed by atoms with Crippen LogP contribution in [-0.4, -0.2) is 54.5 Å². The highest BCUT2D eigenvalue weighted by Gasteiger charge is 2.29. The molecule has 11 heteroatoms. The average molecular weight is 446 g/mol. The average Bonchev–Trinajstić information content (AvgIpc) is 3.40. The quantitative estimate of drug-likeness (QED) is 0.455. The molecule has 1 aliphatic rings. The van der Waals surface area contributed by atoms with Crippen molar-refractivity contribution in [2.75, 3.05) is 24.1 Å². The summed E-state index contributed by atoms with van der Waals surface area (Å²) in [5.41, 5.74) is 8.82. The van der Waals surface area contributed by atoms with Crippen LogP contribution < -0.4 is 11.1 Å². The van der Waals surface area contributed by atoms with Crippen molar-refractivity contribution < 1.29 is 14.0 Å². The first-order valence-corrected chi connectivity index (χ1v) is 10.5. The maximum absolute atomic E-state index is 13.2. The lowest BCUT2D eigenvalue weighted by molar-refractivity contribution is -0.127. The molecule has 0 radical (unpaired) electrons. The number of aromatic nitrogens is 5. The number of benzene rings is 1. The Morgan fingerprint density at radius 1 is 1.33 bits per heavy atom. The summed E-state index contributed by atoms with van der Waals surface area (Å²) in [6.45, 7) is 6.58. The Balaban J connectivity index is 1.50. The monoisotopic (exact) mass is 446 g/mol. The van der Waals surface area contributed by atoms with Crippen LogP contribution in [-0.2, 0) is 4.79 Å². The molecule has 0 aliphatic carbocycles. The number of likely N-dealkylation sites (tertiary alicyclic amines) is 1. The van der Waals surface area contributed by atoms with E-state index in [0.29, 0.717) is 35.2 Å². The molecule has 3 N–H and O–H groups in total. The van der Waals surface area contributed by atoms with Crippen LogP contribution in [0.25, 0.3) is 22.1 Å². The minimum absolute atomic E-state index is 0.0548. The third-order valence-corrected chi connectivity index (χ3v) is 5.73. The van der Waals surface area contributed by atoms with E-state index in [2.05, 4.69) is 31.9 Å². The van der Waals surface area contributed by atoms with Gasteiger partial charge < -0.3 is 15.1 Å². The Bertz CT molecular complexity index is 1410. The van der Waals surface area contributed by atoms with Crippen LogP contribution in [0.4, 0.5) is 11.8 Å². The van der Waals surface area contributed by atoms with Crippen LogP contribution in [0, 0.1) is 6.92 Å². The van der Waals surface area contributed by atoms with Crippen molar-refractivity contribution in [2.24, 2.45) is 0 Å². The summed E-state index contributed by atoms with van der Waals surface area (Å²) in [5, 5.41) is 7.55. The Morgan fingerprint density at radius 3 is 3.00 bits per heavy atom. The van der Waals surface area contributed by atoms with E-state index in [1.807, 2.05) is 19.1 Å². The number of piperidine rings is 1. The van der Waals surface area contributed by atoms with Crippen molar-refractivity contribution in [3.05, 3.63) is 48.4 Å².